The lowest BCUT2D eigenvalue weighted by Crippen LogP contribution is -1.99. The number of fused-ring (bicyclic) bond motifs is 4. The number of aromatic nitrogens is 3. The molecule has 0 spiro atoms. The summed E-state index contributed by atoms with van der Waals surface area (Å²) in [6.45, 7) is 2.14. The van der Waals surface area contributed by atoms with Gasteiger partial charge in [-0.25, -0.2) is 4.68 Å². The largest absolute Gasteiger partial charge is 0.212 e. The second-order valence-electron chi connectivity index (χ2n) is 6.14. The Bertz CT molecular complexity index is 1060. The first kappa shape index (κ1) is 12.6. The summed E-state index contributed by atoms with van der Waals surface area (Å²) in [4.78, 5) is 0. The van der Waals surface area contributed by atoms with E-state index < -0.39 is 0 Å². The van der Waals surface area contributed by atoms with E-state index in [0.717, 1.165) is 23.1 Å². The summed E-state index contributed by atoms with van der Waals surface area (Å²) in [5.74, 6) is 0. The molecule has 3 aromatic carbocycles. The molecule has 4 aromatic rings. The van der Waals surface area contributed by atoms with Gasteiger partial charge in [0.2, 0.25) is 0 Å². The molecule has 0 atom stereocenters. The Morgan fingerprint density at radius 1 is 0.913 bits per heavy atom. The Hall–Kier alpha value is -2.94. The average Bonchev–Trinajstić information content (AvgIpc) is 3.15. The zero-order valence-corrected chi connectivity index (χ0v) is 12.8. The Morgan fingerprint density at radius 2 is 1.83 bits per heavy atom. The monoisotopic (exact) mass is 297 g/mol. The van der Waals surface area contributed by atoms with E-state index in [4.69, 9.17) is 0 Å². The maximum Gasteiger partial charge on any atom is 0.113 e. The molecule has 5 rings (SSSR count). The van der Waals surface area contributed by atoms with Crippen LogP contribution in [0.4, 0.5) is 0 Å². The molecule has 0 saturated heterocycles. The molecule has 0 fully saturated rings. The fraction of sp³-hybridized carbons (Fsp3) is 0.100. The highest BCUT2D eigenvalue weighted by atomic mass is 15.4. The molecule has 1 aliphatic rings. The van der Waals surface area contributed by atoms with Gasteiger partial charge in [-0.05, 0) is 48.2 Å². The summed E-state index contributed by atoms with van der Waals surface area (Å²) in [7, 11) is 0. The van der Waals surface area contributed by atoms with Crippen LogP contribution < -0.4 is 0 Å². The van der Waals surface area contributed by atoms with Crippen molar-refractivity contribution in [1.82, 2.24) is 15.0 Å². The highest BCUT2D eigenvalue weighted by molar-refractivity contribution is 5.86. The van der Waals surface area contributed by atoms with E-state index in [0.29, 0.717) is 0 Å². The minimum atomic E-state index is 0.924. The van der Waals surface area contributed by atoms with Crippen molar-refractivity contribution < 1.29 is 0 Å². The Kier molecular flexibility index (Phi) is 2.48. The van der Waals surface area contributed by atoms with Gasteiger partial charge >= 0.3 is 0 Å². The Labute approximate surface area is 134 Å². The average molecular weight is 297 g/mol. The van der Waals surface area contributed by atoms with Gasteiger partial charge in [0, 0.05) is 5.56 Å². The molecule has 0 saturated carbocycles. The van der Waals surface area contributed by atoms with Crippen LogP contribution in [0, 0.1) is 6.92 Å². The molecule has 1 heterocycles. The highest BCUT2D eigenvalue weighted by Crippen LogP contribution is 2.41. The lowest BCUT2D eigenvalue weighted by atomic mass is 10.0. The summed E-state index contributed by atoms with van der Waals surface area (Å²) in [5, 5.41) is 8.71. The van der Waals surface area contributed by atoms with Crippen molar-refractivity contribution in [2.75, 3.05) is 0 Å². The second-order valence-corrected chi connectivity index (χ2v) is 6.14. The van der Waals surface area contributed by atoms with Crippen LogP contribution in [0.2, 0.25) is 0 Å². The molecule has 0 amide bonds. The number of rotatable bonds is 1. The van der Waals surface area contributed by atoms with Crippen LogP contribution in [0.25, 0.3) is 27.8 Å². The van der Waals surface area contributed by atoms with Gasteiger partial charge in [0.05, 0.1) is 11.2 Å². The normalized spacial score (nSPS) is 12.4. The van der Waals surface area contributed by atoms with Gasteiger partial charge in [0.25, 0.3) is 0 Å². The van der Waals surface area contributed by atoms with E-state index in [1.165, 1.54) is 27.8 Å². The van der Waals surface area contributed by atoms with Crippen molar-refractivity contribution in [3.8, 4) is 16.8 Å². The summed E-state index contributed by atoms with van der Waals surface area (Å²) in [6.07, 6.45) is 0.991. The number of aryl methyl sites for hydroxylation is 1. The molecule has 3 nitrogen and oxygen atoms in total. The molecule has 1 aromatic heterocycles. The second kappa shape index (κ2) is 4.53. The smallest absolute Gasteiger partial charge is 0.113 e. The third-order valence-electron chi connectivity index (χ3n) is 4.62. The quantitative estimate of drug-likeness (QED) is 0.462. The van der Waals surface area contributed by atoms with Crippen molar-refractivity contribution in [1.29, 1.82) is 0 Å². The van der Waals surface area contributed by atoms with Crippen molar-refractivity contribution in [2.24, 2.45) is 0 Å². The fourth-order valence-electron chi connectivity index (χ4n) is 3.55. The van der Waals surface area contributed by atoms with Gasteiger partial charge in [0.15, 0.2) is 0 Å². The number of para-hydroxylation sites is 1. The van der Waals surface area contributed by atoms with Gasteiger partial charge in [0.1, 0.15) is 5.52 Å². The minimum absolute atomic E-state index is 0.924. The third-order valence-corrected chi connectivity index (χ3v) is 4.62. The predicted molar refractivity (Wildman–Crippen MR) is 91.8 cm³/mol. The Morgan fingerprint density at radius 3 is 2.78 bits per heavy atom. The van der Waals surface area contributed by atoms with E-state index in [-0.39, 0.29) is 0 Å². The van der Waals surface area contributed by atoms with E-state index >= 15 is 0 Å². The molecule has 0 N–H and O–H groups in total. The third kappa shape index (κ3) is 1.77. The van der Waals surface area contributed by atoms with Crippen molar-refractivity contribution >= 4 is 11.0 Å². The number of hydrogen-bond acceptors (Lipinski definition) is 2. The van der Waals surface area contributed by atoms with Crippen LogP contribution in [0.15, 0.2) is 60.7 Å². The van der Waals surface area contributed by atoms with Crippen LogP contribution >= 0.6 is 0 Å². The fourth-order valence-corrected chi connectivity index (χ4v) is 3.55. The SMILES string of the molecule is Cc1ccc2c(c1)-c1c(cccc1-n1nnc3ccccc31)C2. The standard InChI is InChI=1S/C20H15N3/c1-13-9-10-14-12-15-5-4-8-19(20(15)16(14)11-13)23-18-7-3-2-6-17(18)21-22-23/h2-11H,12H2,1H3. The zero-order chi connectivity index (χ0) is 15.4. The lowest BCUT2D eigenvalue weighted by Gasteiger charge is -2.10. The maximum atomic E-state index is 4.41. The molecule has 3 heteroatoms. The first-order valence-corrected chi connectivity index (χ1v) is 7.84. The zero-order valence-electron chi connectivity index (χ0n) is 12.8. The molecule has 110 valence electrons. The molecular weight excluding hydrogens is 282 g/mol. The lowest BCUT2D eigenvalue weighted by molar-refractivity contribution is 0.825. The molecule has 1 aliphatic carbocycles. The molecule has 23 heavy (non-hydrogen) atoms. The van der Waals surface area contributed by atoms with Gasteiger partial charge in [-0.15, -0.1) is 5.10 Å². The van der Waals surface area contributed by atoms with Crippen LogP contribution in [0.5, 0.6) is 0 Å². The summed E-state index contributed by atoms with van der Waals surface area (Å²) in [6, 6.07) is 21.3. The number of hydrogen-bond donors (Lipinski definition) is 0. The van der Waals surface area contributed by atoms with Gasteiger partial charge in [-0.1, -0.05) is 53.2 Å². The van der Waals surface area contributed by atoms with Crippen molar-refractivity contribution in [2.45, 2.75) is 13.3 Å². The van der Waals surface area contributed by atoms with Crippen molar-refractivity contribution in [3.05, 3.63) is 77.4 Å². The summed E-state index contributed by atoms with van der Waals surface area (Å²) in [5.41, 5.74) is 9.74. The van der Waals surface area contributed by atoms with Crippen LogP contribution in [0.3, 0.4) is 0 Å². The van der Waals surface area contributed by atoms with Gasteiger partial charge in [-0.3, -0.25) is 0 Å². The molecular formula is C20H15N3. The molecule has 0 bridgehead atoms. The summed E-state index contributed by atoms with van der Waals surface area (Å²) < 4.78 is 1.96. The van der Waals surface area contributed by atoms with E-state index in [1.807, 2.05) is 22.9 Å². The first-order valence-electron chi connectivity index (χ1n) is 7.84. The Balaban J connectivity index is 1.83. The topological polar surface area (TPSA) is 30.7 Å². The number of nitrogens with zero attached hydrogens (tertiary/aromatic N) is 3. The predicted octanol–water partition coefficient (Wildman–Crippen LogP) is 4.30. The van der Waals surface area contributed by atoms with Gasteiger partial charge in [-0.2, -0.15) is 0 Å². The first-order chi connectivity index (χ1) is 11.3. The summed E-state index contributed by atoms with van der Waals surface area (Å²) >= 11 is 0. The van der Waals surface area contributed by atoms with E-state index in [9.17, 15) is 0 Å². The highest BCUT2D eigenvalue weighted by Gasteiger charge is 2.23. The van der Waals surface area contributed by atoms with E-state index in [1.54, 1.807) is 0 Å². The van der Waals surface area contributed by atoms with Crippen molar-refractivity contribution in [3.63, 3.8) is 0 Å². The van der Waals surface area contributed by atoms with Gasteiger partial charge < -0.3 is 0 Å². The molecule has 0 aliphatic heterocycles. The molecule has 0 radical (unpaired) electrons. The maximum absolute atomic E-state index is 4.41. The molecule has 0 unspecified atom stereocenters. The van der Waals surface area contributed by atoms with E-state index in [2.05, 4.69) is 59.7 Å². The van der Waals surface area contributed by atoms with Crippen LogP contribution in [-0.2, 0) is 6.42 Å². The minimum Gasteiger partial charge on any atom is -0.212 e. The van der Waals surface area contributed by atoms with Crippen LogP contribution in [-0.4, -0.2) is 15.0 Å². The number of benzene rings is 3. The van der Waals surface area contributed by atoms with Crippen LogP contribution in [0.1, 0.15) is 16.7 Å².